The molecule has 4 aromatic rings. The van der Waals surface area contributed by atoms with Gasteiger partial charge in [-0.05, 0) is 90.4 Å². The predicted octanol–water partition coefficient (Wildman–Crippen LogP) is 5.04. The van der Waals surface area contributed by atoms with Crippen molar-refractivity contribution >= 4 is 34.0 Å². The lowest BCUT2D eigenvalue weighted by Gasteiger charge is -2.26. The number of hydrogen-bond donors (Lipinski definition) is 1. The maximum absolute atomic E-state index is 12.6. The van der Waals surface area contributed by atoms with Gasteiger partial charge in [0.1, 0.15) is 18.1 Å². The number of nitrogens with zero attached hydrogens (tertiary/aromatic N) is 3. The minimum atomic E-state index is -0.515. The van der Waals surface area contributed by atoms with Crippen LogP contribution in [0.1, 0.15) is 33.3 Å². The molecule has 1 aliphatic rings. The van der Waals surface area contributed by atoms with Gasteiger partial charge in [0.25, 0.3) is 5.91 Å². The summed E-state index contributed by atoms with van der Waals surface area (Å²) < 4.78 is 30.8. The average Bonchev–Trinajstić information content (AvgIpc) is 3.66. The van der Waals surface area contributed by atoms with Crippen LogP contribution in [0.15, 0.2) is 74.7 Å². The molecule has 2 aromatic carbocycles. The van der Waals surface area contributed by atoms with E-state index in [1.807, 2.05) is 24.3 Å². The Morgan fingerprint density at radius 1 is 0.977 bits per heavy atom. The minimum Gasteiger partial charge on any atom is -0.493 e. The van der Waals surface area contributed by atoms with Crippen LogP contribution in [0.2, 0.25) is 0 Å². The summed E-state index contributed by atoms with van der Waals surface area (Å²) in [4.78, 5) is 26.7. The molecule has 0 unspecified atom stereocenters. The van der Waals surface area contributed by atoms with Crippen LogP contribution in [0.4, 0.5) is 0 Å². The number of halogens is 1. The van der Waals surface area contributed by atoms with Crippen molar-refractivity contribution < 1.29 is 33.0 Å². The van der Waals surface area contributed by atoms with Crippen LogP contribution in [0.3, 0.4) is 0 Å². The first-order valence-electron chi connectivity index (χ1n) is 14.0. The fourth-order valence-electron chi connectivity index (χ4n) is 4.68. The predicted molar refractivity (Wildman–Crippen MR) is 167 cm³/mol. The second kappa shape index (κ2) is 14.3. The van der Waals surface area contributed by atoms with Gasteiger partial charge in [0.2, 0.25) is 0 Å². The molecule has 1 N–H and O–H groups in total. The Hall–Kier alpha value is -4.55. The molecule has 2 aromatic heterocycles. The summed E-state index contributed by atoms with van der Waals surface area (Å²) in [5, 5.41) is 4.05. The zero-order chi connectivity index (χ0) is 31.1. The monoisotopic (exact) mass is 664 g/mol. The Bertz CT molecular complexity index is 1620. The Labute approximate surface area is 263 Å². The molecule has 0 atom stereocenters. The lowest BCUT2D eigenvalue weighted by Crippen LogP contribution is -2.43. The second-order valence-electron chi connectivity index (χ2n) is 10.0. The van der Waals surface area contributed by atoms with E-state index in [9.17, 15) is 9.59 Å². The Morgan fingerprint density at radius 3 is 2.41 bits per heavy atom. The lowest BCUT2D eigenvalue weighted by molar-refractivity contribution is -0.137. The van der Waals surface area contributed by atoms with E-state index in [0.717, 1.165) is 17.1 Å². The average molecular weight is 666 g/mol. The number of methoxy groups -OCH3 is 1. The molecule has 12 heteroatoms. The highest BCUT2D eigenvalue weighted by molar-refractivity contribution is 9.10. The standard InChI is InChI=1S/C32H33BrN4O7/c1-21-4-5-22(2)37(21)24-6-8-25(9-7-24)42-19-26-10-11-28(44-26)32(39)35-34-18-23-16-29(40-3)30(17-27(23)33)43-20-31(38)36-12-14-41-15-13-36/h4-11,16-18H,12-15,19-20H2,1-3H3,(H,35,39)/b34-18+. The maximum Gasteiger partial charge on any atom is 0.307 e. The quantitative estimate of drug-likeness (QED) is 0.176. The van der Waals surface area contributed by atoms with Crippen LogP contribution in [0, 0.1) is 13.8 Å². The zero-order valence-electron chi connectivity index (χ0n) is 24.7. The first-order chi connectivity index (χ1) is 21.3. The topological polar surface area (TPSA) is 117 Å². The van der Waals surface area contributed by atoms with Crippen LogP contribution in [0.25, 0.3) is 5.69 Å². The summed E-state index contributed by atoms with van der Waals surface area (Å²) in [6, 6.07) is 18.6. The van der Waals surface area contributed by atoms with Gasteiger partial charge in [0.15, 0.2) is 23.9 Å². The maximum atomic E-state index is 12.6. The smallest absolute Gasteiger partial charge is 0.307 e. The van der Waals surface area contributed by atoms with Gasteiger partial charge in [-0.3, -0.25) is 9.59 Å². The van der Waals surface area contributed by atoms with Crippen molar-refractivity contribution in [2.24, 2.45) is 5.10 Å². The first-order valence-corrected chi connectivity index (χ1v) is 14.8. The molecule has 0 radical (unpaired) electrons. The van der Waals surface area contributed by atoms with Crippen LogP contribution in [-0.4, -0.2) is 67.5 Å². The van der Waals surface area contributed by atoms with Crippen molar-refractivity contribution in [1.29, 1.82) is 0 Å². The Morgan fingerprint density at radius 2 is 1.70 bits per heavy atom. The molecule has 1 fully saturated rings. The number of morpholine rings is 1. The van der Waals surface area contributed by atoms with E-state index in [1.54, 1.807) is 29.2 Å². The molecule has 0 aliphatic carbocycles. The van der Waals surface area contributed by atoms with Gasteiger partial charge in [0.05, 0.1) is 26.5 Å². The summed E-state index contributed by atoms with van der Waals surface area (Å²) in [6.07, 6.45) is 1.46. The van der Waals surface area contributed by atoms with Gasteiger partial charge >= 0.3 is 5.91 Å². The highest BCUT2D eigenvalue weighted by Crippen LogP contribution is 2.33. The summed E-state index contributed by atoms with van der Waals surface area (Å²) in [5.74, 6) is 1.45. The van der Waals surface area contributed by atoms with Gasteiger partial charge in [-0.25, -0.2) is 5.43 Å². The van der Waals surface area contributed by atoms with E-state index in [4.69, 9.17) is 23.4 Å². The van der Waals surface area contributed by atoms with Crippen molar-refractivity contribution in [1.82, 2.24) is 14.9 Å². The van der Waals surface area contributed by atoms with Gasteiger partial charge in [-0.15, -0.1) is 0 Å². The molecule has 3 heterocycles. The van der Waals surface area contributed by atoms with Crippen LogP contribution in [-0.2, 0) is 16.1 Å². The zero-order valence-corrected chi connectivity index (χ0v) is 26.3. The molecule has 11 nitrogen and oxygen atoms in total. The molecule has 1 aliphatic heterocycles. The Balaban J connectivity index is 1.13. The van der Waals surface area contributed by atoms with Crippen LogP contribution >= 0.6 is 15.9 Å². The number of carbonyl (C=O) groups is 2. The first kappa shape index (κ1) is 30.9. The molecular formula is C32H33BrN4O7. The van der Waals surface area contributed by atoms with Gasteiger partial charge in [-0.2, -0.15) is 5.10 Å². The molecule has 0 saturated carbocycles. The van der Waals surface area contributed by atoms with E-state index >= 15 is 0 Å². The van der Waals surface area contributed by atoms with E-state index < -0.39 is 5.91 Å². The number of hydrogen-bond acceptors (Lipinski definition) is 8. The third-order valence-corrected chi connectivity index (χ3v) is 7.69. The molecule has 230 valence electrons. The van der Waals surface area contributed by atoms with Crippen molar-refractivity contribution in [3.05, 3.63) is 93.6 Å². The Kier molecular flexibility index (Phi) is 10.0. The number of benzene rings is 2. The highest BCUT2D eigenvalue weighted by atomic mass is 79.9. The third kappa shape index (κ3) is 7.50. The molecular weight excluding hydrogens is 632 g/mol. The molecule has 1 saturated heterocycles. The number of ether oxygens (including phenoxy) is 4. The van der Waals surface area contributed by atoms with Crippen molar-refractivity contribution in [2.45, 2.75) is 20.5 Å². The molecule has 0 spiro atoms. The fraction of sp³-hybridized carbons (Fsp3) is 0.281. The normalized spacial score (nSPS) is 13.2. The number of nitrogens with one attached hydrogen (secondary N) is 1. The largest absolute Gasteiger partial charge is 0.493 e. The number of carbonyl (C=O) groups excluding carboxylic acids is 2. The van der Waals surface area contributed by atoms with Crippen LogP contribution < -0.4 is 19.6 Å². The summed E-state index contributed by atoms with van der Waals surface area (Å²) in [6.45, 7) is 6.30. The van der Waals surface area contributed by atoms with E-state index in [2.05, 4.69) is 57.0 Å². The number of aromatic nitrogens is 1. The second-order valence-corrected chi connectivity index (χ2v) is 10.9. The van der Waals surface area contributed by atoms with Crippen molar-refractivity contribution in [3.8, 4) is 22.9 Å². The summed E-state index contributed by atoms with van der Waals surface area (Å²) >= 11 is 3.48. The highest BCUT2D eigenvalue weighted by Gasteiger charge is 2.19. The van der Waals surface area contributed by atoms with E-state index in [1.165, 1.54) is 13.3 Å². The van der Waals surface area contributed by atoms with E-state index in [-0.39, 0.29) is 24.9 Å². The number of aryl methyl sites for hydroxylation is 2. The van der Waals surface area contributed by atoms with Crippen molar-refractivity contribution in [3.63, 3.8) is 0 Å². The molecule has 0 bridgehead atoms. The SMILES string of the molecule is COc1cc(/C=N/NC(=O)c2ccc(COc3ccc(-n4c(C)ccc4C)cc3)o2)c(Br)cc1OCC(=O)N1CCOCC1. The van der Waals surface area contributed by atoms with E-state index in [0.29, 0.717) is 59.3 Å². The van der Waals surface area contributed by atoms with Gasteiger partial charge in [-0.1, -0.05) is 0 Å². The number of hydrazone groups is 1. The molecule has 2 amide bonds. The van der Waals surface area contributed by atoms with Gasteiger partial charge in [0, 0.05) is 40.2 Å². The number of amides is 2. The summed E-state index contributed by atoms with van der Waals surface area (Å²) in [7, 11) is 1.50. The van der Waals surface area contributed by atoms with Crippen LogP contribution in [0.5, 0.6) is 17.2 Å². The fourth-order valence-corrected chi connectivity index (χ4v) is 5.11. The van der Waals surface area contributed by atoms with Crippen molar-refractivity contribution in [2.75, 3.05) is 40.0 Å². The molecule has 5 rings (SSSR count). The number of rotatable bonds is 11. The summed E-state index contributed by atoms with van der Waals surface area (Å²) in [5.41, 5.74) is 6.45. The lowest BCUT2D eigenvalue weighted by atomic mass is 10.2. The number of furan rings is 1. The minimum absolute atomic E-state index is 0.0972. The molecule has 44 heavy (non-hydrogen) atoms. The third-order valence-electron chi connectivity index (χ3n) is 7.00. The van der Waals surface area contributed by atoms with Gasteiger partial charge < -0.3 is 32.8 Å².